The highest BCUT2D eigenvalue weighted by Crippen LogP contribution is 2.30. The summed E-state index contributed by atoms with van der Waals surface area (Å²) in [6, 6.07) is 1.83. The first-order valence-corrected chi connectivity index (χ1v) is 7.45. The summed E-state index contributed by atoms with van der Waals surface area (Å²) >= 11 is 0. The predicted octanol–water partition coefficient (Wildman–Crippen LogP) is 4.28. The van der Waals surface area contributed by atoms with E-state index >= 15 is 0 Å². The van der Waals surface area contributed by atoms with E-state index < -0.39 is 36.5 Å². The third kappa shape index (κ3) is 5.80. The van der Waals surface area contributed by atoms with Gasteiger partial charge in [0, 0.05) is 24.9 Å². The fourth-order valence-corrected chi connectivity index (χ4v) is 2.49. The number of alkyl halides is 6. The van der Waals surface area contributed by atoms with Crippen molar-refractivity contribution in [1.29, 1.82) is 0 Å². The first kappa shape index (κ1) is 19.4. The molecule has 2 amide bonds. The first-order valence-electron chi connectivity index (χ1n) is 7.45. The van der Waals surface area contributed by atoms with E-state index in [-0.39, 0.29) is 31.7 Å². The Balaban J connectivity index is 2.10. The normalized spacial score (nSPS) is 16.6. The van der Waals surface area contributed by atoms with Gasteiger partial charge in [-0.2, -0.15) is 26.3 Å². The molecule has 2 rings (SSSR count). The second kappa shape index (κ2) is 7.51. The molecule has 1 aromatic carbocycles. The van der Waals surface area contributed by atoms with E-state index in [9.17, 15) is 31.1 Å². The summed E-state index contributed by atoms with van der Waals surface area (Å²) in [6.45, 7) is -0.955. The Labute approximate surface area is 139 Å². The molecule has 1 N–H and O–H groups in total. The number of benzene rings is 1. The van der Waals surface area contributed by atoms with Crippen molar-refractivity contribution in [3.05, 3.63) is 29.8 Å². The molecule has 0 bridgehead atoms. The Morgan fingerprint density at radius 2 is 1.64 bits per heavy atom. The van der Waals surface area contributed by atoms with Crippen molar-refractivity contribution in [1.82, 2.24) is 4.90 Å². The Bertz CT molecular complexity index is 579. The third-order valence-electron chi connectivity index (χ3n) is 3.71. The largest absolute Gasteiger partial charge is 0.416 e. The summed E-state index contributed by atoms with van der Waals surface area (Å²) in [4.78, 5) is 12.9. The lowest BCUT2D eigenvalue weighted by atomic mass is 10.1. The molecule has 1 saturated heterocycles. The SMILES string of the molecule is O=C(Nc1ccc(C(F)(F)F)cc1)N(CC(F)(F)F)C1CCOCC1. The number of carbonyl (C=O) groups is 1. The Kier molecular flexibility index (Phi) is 5.81. The maximum Gasteiger partial charge on any atom is 0.416 e. The van der Waals surface area contributed by atoms with Crippen LogP contribution in [-0.2, 0) is 10.9 Å². The van der Waals surface area contributed by atoms with Gasteiger partial charge in [-0.3, -0.25) is 0 Å². The van der Waals surface area contributed by atoms with E-state index in [4.69, 9.17) is 4.74 Å². The quantitative estimate of drug-likeness (QED) is 0.807. The number of halogens is 6. The van der Waals surface area contributed by atoms with Crippen molar-refractivity contribution >= 4 is 11.7 Å². The molecule has 0 radical (unpaired) electrons. The number of urea groups is 1. The first-order chi connectivity index (χ1) is 11.6. The number of anilines is 1. The number of hydrogen-bond donors (Lipinski definition) is 1. The average molecular weight is 370 g/mol. The molecule has 1 aliphatic rings. The highest BCUT2D eigenvalue weighted by Gasteiger charge is 2.37. The van der Waals surface area contributed by atoms with Crippen LogP contribution >= 0.6 is 0 Å². The molecular formula is C15H16F6N2O2. The van der Waals surface area contributed by atoms with Crippen LogP contribution < -0.4 is 5.32 Å². The summed E-state index contributed by atoms with van der Waals surface area (Å²) in [5, 5.41) is 2.22. The van der Waals surface area contributed by atoms with Crippen LogP contribution in [0.5, 0.6) is 0 Å². The van der Waals surface area contributed by atoms with Crippen LogP contribution in [-0.4, -0.2) is 42.9 Å². The van der Waals surface area contributed by atoms with Gasteiger partial charge in [0.1, 0.15) is 6.54 Å². The zero-order chi connectivity index (χ0) is 18.7. The molecule has 1 fully saturated rings. The van der Waals surface area contributed by atoms with Crippen LogP contribution in [0.25, 0.3) is 0 Å². The number of hydrogen-bond acceptors (Lipinski definition) is 2. The van der Waals surface area contributed by atoms with Crippen molar-refractivity contribution in [3.8, 4) is 0 Å². The molecule has 1 aliphatic heterocycles. The predicted molar refractivity (Wildman–Crippen MR) is 77.1 cm³/mol. The van der Waals surface area contributed by atoms with Gasteiger partial charge >= 0.3 is 18.4 Å². The molecule has 4 nitrogen and oxygen atoms in total. The molecule has 1 aromatic rings. The molecule has 1 heterocycles. The smallest absolute Gasteiger partial charge is 0.381 e. The summed E-state index contributed by atoms with van der Waals surface area (Å²) in [5.41, 5.74) is -0.931. The zero-order valence-electron chi connectivity index (χ0n) is 13.0. The van der Waals surface area contributed by atoms with Gasteiger partial charge in [0.2, 0.25) is 0 Å². The molecular weight excluding hydrogens is 354 g/mol. The summed E-state index contributed by atoms with van der Waals surface area (Å²) in [5.74, 6) is 0. The minimum absolute atomic E-state index is 0.0165. The topological polar surface area (TPSA) is 41.6 Å². The van der Waals surface area contributed by atoms with Gasteiger partial charge in [0.25, 0.3) is 0 Å². The lowest BCUT2D eigenvalue weighted by Crippen LogP contribution is -2.49. The van der Waals surface area contributed by atoms with Crippen LogP contribution in [0.4, 0.5) is 36.8 Å². The average Bonchev–Trinajstić information content (AvgIpc) is 2.52. The van der Waals surface area contributed by atoms with Crippen molar-refractivity contribution in [3.63, 3.8) is 0 Å². The highest BCUT2D eigenvalue weighted by atomic mass is 19.4. The number of nitrogens with one attached hydrogen (secondary N) is 1. The molecule has 0 atom stereocenters. The summed E-state index contributed by atoms with van der Waals surface area (Å²) in [7, 11) is 0. The monoisotopic (exact) mass is 370 g/mol. The molecule has 0 aromatic heterocycles. The van der Waals surface area contributed by atoms with Crippen molar-refractivity contribution in [2.75, 3.05) is 25.1 Å². The maximum atomic E-state index is 12.8. The van der Waals surface area contributed by atoms with Crippen LogP contribution in [0.1, 0.15) is 18.4 Å². The van der Waals surface area contributed by atoms with Crippen LogP contribution in [0.15, 0.2) is 24.3 Å². The third-order valence-corrected chi connectivity index (χ3v) is 3.71. The van der Waals surface area contributed by atoms with Crippen LogP contribution in [0, 0.1) is 0 Å². The Morgan fingerprint density at radius 1 is 1.08 bits per heavy atom. The number of amides is 2. The minimum Gasteiger partial charge on any atom is -0.381 e. The molecule has 25 heavy (non-hydrogen) atoms. The van der Waals surface area contributed by atoms with E-state index in [2.05, 4.69) is 5.32 Å². The molecule has 0 unspecified atom stereocenters. The number of nitrogens with zero attached hydrogens (tertiary/aromatic N) is 1. The van der Waals surface area contributed by atoms with Gasteiger partial charge in [-0.1, -0.05) is 0 Å². The number of rotatable bonds is 3. The standard InChI is InChI=1S/C15H16F6N2O2/c16-14(17,18)9-23(12-5-7-25-8-6-12)13(24)22-11-3-1-10(2-4-11)15(19,20)21/h1-4,12H,5-9H2,(H,22,24). The van der Waals surface area contributed by atoms with Gasteiger partial charge < -0.3 is 15.0 Å². The molecule has 0 spiro atoms. The lowest BCUT2D eigenvalue weighted by Gasteiger charge is -2.34. The van der Waals surface area contributed by atoms with E-state index in [1.54, 1.807) is 0 Å². The van der Waals surface area contributed by atoms with Crippen LogP contribution in [0.2, 0.25) is 0 Å². The van der Waals surface area contributed by atoms with Crippen molar-refractivity contribution in [2.45, 2.75) is 31.2 Å². The van der Waals surface area contributed by atoms with Crippen molar-refractivity contribution < 1.29 is 35.9 Å². The van der Waals surface area contributed by atoms with Gasteiger partial charge in [0.05, 0.1) is 5.56 Å². The Hall–Kier alpha value is -1.97. The summed E-state index contributed by atoms with van der Waals surface area (Å²) in [6.07, 6.45) is -8.60. The van der Waals surface area contributed by atoms with Gasteiger partial charge in [-0.05, 0) is 37.1 Å². The van der Waals surface area contributed by atoms with E-state index in [0.29, 0.717) is 4.90 Å². The lowest BCUT2D eigenvalue weighted by molar-refractivity contribution is -0.146. The molecule has 0 aliphatic carbocycles. The number of ether oxygens (including phenoxy) is 1. The molecule has 0 saturated carbocycles. The summed E-state index contributed by atoms with van der Waals surface area (Å²) < 4.78 is 80.9. The maximum absolute atomic E-state index is 12.8. The second-order valence-corrected chi connectivity index (χ2v) is 5.59. The minimum atomic E-state index is -4.59. The van der Waals surface area contributed by atoms with Gasteiger partial charge in [-0.15, -0.1) is 0 Å². The zero-order valence-corrected chi connectivity index (χ0v) is 13.0. The van der Waals surface area contributed by atoms with E-state index in [1.807, 2.05) is 0 Å². The van der Waals surface area contributed by atoms with Crippen molar-refractivity contribution in [2.24, 2.45) is 0 Å². The highest BCUT2D eigenvalue weighted by molar-refractivity contribution is 5.89. The van der Waals surface area contributed by atoms with E-state index in [1.165, 1.54) is 0 Å². The van der Waals surface area contributed by atoms with Gasteiger partial charge in [0.15, 0.2) is 0 Å². The fraction of sp³-hybridized carbons (Fsp3) is 0.533. The van der Waals surface area contributed by atoms with Gasteiger partial charge in [-0.25, -0.2) is 4.79 Å². The molecule has 140 valence electrons. The number of carbonyl (C=O) groups excluding carboxylic acids is 1. The Morgan fingerprint density at radius 3 is 2.12 bits per heavy atom. The second-order valence-electron chi connectivity index (χ2n) is 5.59. The van der Waals surface area contributed by atoms with Crippen LogP contribution in [0.3, 0.4) is 0 Å². The molecule has 10 heteroatoms. The van der Waals surface area contributed by atoms with E-state index in [0.717, 1.165) is 24.3 Å². The fourth-order valence-electron chi connectivity index (χ4n) is 2.49.